The van der Waals surface area contributed by atoms with Crippen molar-refractivity contribution in [3.63, 3.8) is 0 Å². The first kappa shape index (κ1) is 27.2. The molecule has 2 N–H and O–H groups in total. The molecule has 0 radical (unpaired) electrons. The van der Waals surface area contributed by atoms with Crippen molar-refractivity contribution >= 4 is 41.1 Å². The Bertz CT molecular complexity index is 1020. The number of carbonyl (C=O) groups is 3. The number of nitrogens with zero attached hydrogens (tertiary/aromatic N) is 2. The summed E-state index contributed by atoms with van der Waals surface area (Å²) in [6.07, 6.45) is 3.48. The number of halogens is 1. The van der Waals surface area contributed by atoms with Gasteiger partial charge in [0.05, 0.1) is 5.92 Å². The zero-order valence-electron chi connectivity index (χ0n) is 20.5. The molecule has 35 heavy (non-hydrogen) atoms. The lowest BCUT2D eigenvalue weighted by atomic mass is 9.83. The first-order valence-corrected chi connectivity index (χ1v) is 13.3. The third-order valence-corrected chi connectivity index (χ3v) is 6.94. The van der Waals surface area contributed by atoms with Crippen molar-refractivity contribution in [3.8, 4) is 0 Å². The highest BCUT2D eigenvalue weighted by atomic mass is 35.5. The largest absolute Gasteiger partial charge is 0.415 e. The summed E-state index contributed by atoms with van der Waals surface area (Å²) in [6, 6.07) is 6.23. The highest BCUT2D eigenvalue weighted by molar-refractivity contribution is 7.99. The summed E-state index contributed by atoms with van der Waals surface area (Å²) in [5, 5.41) is 14.9. The second-order valence-electron chi connectivity index (χ2n) is 9.59. The van der Waals surface area contributed by atoms with E-state index in [1.807, 2.05) is 27.7 Å². The van der Waals surface area contributed by atoms with Crippen molar-refractivity contribution in [1.82, 2.24) is 20.8 Å². The summed E-state index contributed by atoms with van der Waals surface area (Å²) in [7, 11) is 0. The normalized spacial score (nSPS) is 18.9. The van der Waals surface area contributed by atoms with E-state index in [1.54, 1.807) is 24.3 Å². The molecule has 1 aromatic carbocycles. The fraction of sp³-hybridized carbons (Fsp3) is 0.560. The Morgan fingerprint density at radius 1 is 1.09 bits per heavy atom. The molecule has 1 aromatic heterocycles. The van der Waals surface area contributed by atoms with Crippen LogP contribution < -0.4 is 10.6 Å². The first-order valence-electron chi connectivity index (χ1n) is 12.0. The van der Waals surface area contributed by atoms with E-state index in [-0.39, 0.29) is 34.9 Å². The number of imide groups is 1. The summed E-state index contributed by atoms with van der Waals surface area (Å²) in [5.41, 5.74) is 0.471. The van der Waals surface area contributed by atoms with Crippen LogP contribution in [-0.2, 0) is 9.59 Å². The van der Waals surface area contributed by atoms with E-state index in [0.717, 1.165) is 12.8 Å². The van der Waals surface area contributed by atoms with Crippen LogP contribution in [0, 0.1) is 11.8 Å². The van der Waals surface area contributed by atoms with E-state index >= 15 is 0 Å². The van der Waals surface area contributed by atoms with Gasteiger partial charge in [0.25, 0.3) is 11.1 Å². The highest BCUT2D eigenvalue weighted by Gasteiger charge is 2.35. The maximum Gasteiger partial charge on any atom is 0.276 e. The quantitative estimate of drug-likeness (QED) is 0.448. The molecular weight excluding hydrogens is 488 g/mol. The number of amides is 3. The predicted octanol–water partition coefficient (Wildman–Crippen LogP) is 4.98. The van der Waals surface area contributed by atoms with Gasteiger partial charge in [0, 0.05) is 21.9 Å². The minimum absolute atomic E-state index is 0.176. The average Bonchev–Trinajstić information content (AvgIpc) is 3.25. The van der Waals surface area contributed by atoms with Crippen LogP contribution in [0.1, 0.15) is 82.0 Å². The maximum absolute atomic E-state index is 13.2. The molecule has 3 rings (SSSR count). The summed E-state index contributed by atoms with van der Waals surface area (Å²) in [5.74, 6) is -1.95. The van der Waals surface area contributed by atoms with Crippen LogP contribution in [0.3, 0.4) is 0 Å². The number of hydrogen-bond donors (Lipinski definition) is 2. The predicted molar refractivity (Wildman–Crippen MR) is 135 cm³/mol. The van der Waals surface area contributed by atoms with Crippen LogP contribution >= 0.6 is 23.4 Å². The molecule has 1 aliphatic rings. The van der Waals surface area contributed by atoms with Crippen LogP contribution in [0.25, 0.3) is 0 Å². The van der Waals surface area contributed by atoms with E-state index < -0.39 is 17.7 Å². The molecule has 1 fully saturated rings. The average molecular weight is 521 g/mol. The fourth-order valence-electron chi connectivity index (χ4n) is 4.17. The van der Waals surface area contributed by atoms with E-state index in [2.05, 4.69) is 20.8 Å². The van der Waals surface area contributed by atoms with Crippen LogP contribution in [0.2, 0.25) is 5.02 Å². The second-order valence-corrected chi connectivity index (χ2v) is 11.6. The molecule has 10 heteroatoms. The van der Waals surface area contributed by atoms with Gasteiger partial charge >= 0.3 is 0 Å². The van der Waals surface area contributed by atoms with Crippen LogP contribution in [-0.4, -0.2) is 39.2 Å². The van der Waals surface area contributed by atoms with Gasteiger partial charge in [0.2, 0.25) is 17.7 Å². The smallest absolute Gasteiger partial charge is 0.276 e. The lowest BCUT2D eigenvalue weighted by Gasteiger charge is -2.31. The molecule has 1 aliphatic carbocycles. The monoisotopic (exact) mass is 520 g/mol. The zero-order chi connectivity index (χ0) is 25.5. The Labute approximate surface area is 215 Å². The number of hydrogen-bond acceptors (Lipinski definition) is 7. The molecule has 190 valence electrons. The van der Waals surface area contributed by atoms with Gasteiger partial charge in [-0.3, -0.25) is 19.7 Å². The number of thioether (sulfide) groups is 1. The SMILES string of the molecule is CC(C)C[C@H](C(=O)NC(=O)[C@@H]1CCCC[C@@H]1NC(=O)c1ccc(Cl)cc1)c1nnc(SC(C)C)o1. The molecule has 0 unspecified atom stereocenters. The summed E-state index contributed by atoms with van der Waals surface area (Å²) in [4.78, 5) is 39.1. The lowest BCUT2D eigenvalue weighted by molar-refractivity contribution is -0.135. The Morgan fingerprint density at radius 3 is 2.43 bits per heavy atom. The number of nitrogens with one attached hydrogen (secondary N) is 2. The minimum atomic E-state index is -0.723. The van der Waals surface area contributed by atoms with E-state index in [4.69, 9.17) is 16.0 Å². The molecule has 0 saturated heterocycles. The summed E-state index contributed by atoms with van der Waals surface area (Å²) >= 11 is 7.34. The summed E-state index contributed by atoms with van der Waals surface area (Å²) in [6.45, 7) is 8.01. The van der Waals surface area contributed by atoms with Crippen LogP contribution in [0.5, 0.6) is 0 Å². The Hall–Kier alpha value is -2.39. The highest BCUT2D eigenvalue weighted by Crippen LogP contribution is 2.29. The minimum Gasteiger partial charge on any atom is -0.415 e. The van der Waals surface area contributed by atoms with E-state index in [0.29, 0.717) is 35.1 Å². The van der Waals surface area contributed by atoms with Crippen molar-refractivity contribution in [2.75, 3.05) is 0 Å². The summed E-state index contributed by atoms with van der Waals surface area (Å²) < 4.78 is 5.74. The number of rotatable bonds is 9. The molecule has 1 heterocycles. The topological polar surface area (TPSA) is 114 Å². The fourth-order valence-corrected chi connectivity index (χ4v) is 4.92. The molecule has 0 spiro atoms. The molecule has 3 atom stereocenters. The molecule has 2 aromatic rings. The number of benzene rings is 1. The zero-order valence-corrected chi connectivity index (χ0v) is 22.1. The van der Waals surface area contributed by atoms with Crippen molar-refractivity contribution in [2.45, 2.75) is 82.2 Å². The Morgan fingerprint density at radius 2 is 1.77 bits per heavy atom. The number of carbonyl (C=O) groups excluding carboxylic acids is 3. The van der Waals surface area contributed by atoms with Gasteiger partial charge < -0.3 is 9.73 Å². The van der Waals surface area contributed by atoms with Crippen molar-refractivity contribution in [3.05, 3.63) is 40.7 Å². The molecular formula is C25H33ClN4O4S. The third kappa shape index (κ3) is 7.80. The molecule has 1 saturated carbocycles. The van der Waals surface area contributed by atoms with Crippen molar-refractivity contribution in [1.29, 1.82) is 0 Å². The van der Waals surface area contributed by atoms with Gasteiger partial charge in [-0.2, -0.15) is 0 Å². The molecule has 0 aliphatic heterocycles. The van der Waals surface area contributed by atoms with E-state index in [1.165, 1.54) is 11.8 Å². The van der Waals surface area contributed by atoms with Crippen molar-refractivity contribution in [2.24, 2.45) is 11.8 Å². The number of aromatic nitrogens is 2. The molecule has 3 amide bonds. The maximum atomic E-state index is 13.2. The first-order chi connectivity index (χ1) is 16.6. The standard InChI is InChI=1S/C25H33ClN4O4S/c1-14(2)13-19(24-29-30-25(34-24)35-15(3)4)23(33)28-22(32)18-7-5-6-8-20(18)27-21(31)16-9-11-17(26)12-10-16/h9-12,14-15,18-20H,5-8,13H2,1-4H3,(H,27,31)(H,28,32,33)/t18-,19-,20+/m1/s1. The van der Waals surface area contributed by atoms with Crippen LogP contribution in [0.4, 0.5) is 0 Å². The van der Waals surface area contributed by atoms with E-state index in [9.17, 15) is 14.4 Å². The second kappa shape index (κ2) is 12.5. The van der Waals surface area contributed by atoms with Gasteiger partial charge in [-0.25, -0.2) is 0 Å². The van der Waals surface area contributed by atoms with Crippen molar-refractivity contribution < 1.29 is 18.8 Å². The van der Waals surface area contributed by atoms with Crippen LogP contribution in [0.15, 0.2) is 33.9 Å². The van der Waals surface area contributed by atoms with Gasteiger partial charge in [-0.05, 0) is 49.4 Å². The third-order valence-electron chi connectivity index (χ3n) is 5.85. The Balaban J connectivity index is 1.69. The molecule has 0 bridgehead atoms. The Kier molecular flexibility index (Phi) is 9.74. The lowest BCUT2D eigenvalue weighted by Crippen LogP contribution is -2.50. The van der Waals surface area contributed by atoms with Gasteiger partial charge in [-0.1, -0.05) is 63.9 Å². The van der Waals surface area contributed by atoms with Gasteiger partial charge in [-0.15, -0.1) is 10.2 Å². The molecule has 8 nitrogen and oxygen atoms in total. The van der Waals surface area contributed by atoms with Gasteiger partial charge in [0.15, 0.2) is 0 Å². The van der Waals surface area contributed by atoms with Gasteiger partial charge in [0.1, 0.15) is 5.92 Å².